The van der Waals surface area contributed by atoms with Crippen molar-refractivity contribution in [1.29, 1.82) is 0 Å². The second-order valence-electron chi connectivity index (χ2n) is 4.05. The first-order chi connectivity index (χ1) is 8.27. The Labute approximate surface area is 104 Å². The van der Waals surface area contributed by atoms with Crippen molar-refractivity contribution in [2.45, 2.75) is 39.5 Å². The Balaban J connectivity index is 0.000000686. The van der Waals surface area contributed by atoms with E-state index in [2.05, 4.69) is 19.1 Å². The molecule has 1 aromatic carbocycles. The van der Waals surface area contributed by atoms with Crippen molar-refractivity contribution < 1.29 is 9.53 Å². The average Bonchev–Trinajstić information content (AvgIpc) is 2.78. The van der Waals surface area contributed by atoms with Gasteiger partial charge >= 0.3 is 5.97 Å². The van der Waals surface area contributed by atoms with Crippen LogP contribution in [-0.4, -0.2) is 13.1 Å². The van der Waals surface area contributed by atoms with E-state index in [4.69, 9.17) is 4.74 Å². The van der Waals surface area contributed by atoms with E-state index in [0.717, 1.165) is 12.8 Å². The molecule has 2 atom stereocenters. The Hall–Kier alpha value is -1.31. The summed E-state index contributed by atoms with van der Waals surface area (Å²) in [5, 5.41) is 0. The third kappa shape index (κ3) is 2.68. The molecule has 1 aromatic rings. The lowest BCUT2D eigenvalue weighted by atomic mass is 9.90. The van der Waals surface area contributed by atoms with Crippen LogP contribution in [0, 0.1) is 5.92 Å². The molecule has 0 radical (unpaired) electrons. The van der Waals surface area contributed by atoms with Gasteiger partial charge in [-0.05, 0) is 29.9 Å². The topological polar surface area (TPSA) is 26.3 Å². The highest BCUT2D eigenvalue weighted by atomic mass is 16.5. The van der Waals surface area contributed by atoms with Crippen LogP contribution < -0.4 is 0 Å². The lowest BCUT2D eigenvalue weighted by Gasteiger charge is -2.16. The largest absolute Gasteiger partial charge is 0.469 e. The molecule has 0 aromatic heterocycles. The minimum Gasteiger partial charge on any atom is -0.469 e. The van der Waals surface area contributed by atoms with Gasteiger partial charge in [0.25, 0.3) is 0 Å². The maximum atomic E-state index is 11.6. The standard InChI is InChI=1S/C13H16O2.C2H6/c1-3-10-11-7-5-4-6-9(11)8-12(10)13(14)15-2;1-2/h4-7,10,12H,3,8H2,1-2H3;1-2H3. The molecule has 0 fully saturated rings. The van der Waals surface area contributed by atoms with Gasteiger partial charge in [0.15, 0.2) is 0 Å². The molecule has 1 aliphatic rings. The summed E-state index contributed by atoms with van der Waals surface area (Å²) in [7, 11) is 1.47. The van der Waals surface area contributed by atoms with Gasteiger partial charge in [0.1, 0.15) is 0 Å². The first-order valence-corrected chi connectivity index (χ1v) is 6.43. The van der Waals surface area contributed by atoms with Gasteiger partial charge < -0.3 is 4.74 Å². The van der Waals surface area contributed by atoms with E-state index in [1.54, 1.807) is 0 Å². The van der Waals surface area contributed by atoms with Crippen molar-refractivity contribution in [3.05, 3.63) is 35.4 Å². The molecule has 1 aliphatic carbocycles. The van der Waals surface area contributed by atoms with Crippen molar-refractivity contribution >= 4 is 5.97 Å². The molecule has 0 saturated carbocycles. The van der Waals surface area contributed by atoms with Gasteiger partial charge in [-0.3, -0.25) is 4.79 Å². The van der Waals surface area contributed by atoms with Crippen LogP contribution in [0.1, 0.15) is 44.2 Å². The normalized spacial score (nSPS) is 21.2. The molecule has 94 valence electrons. The van der Waals surface area contributed by atoms with E-state index in [-0.39, 0.29) is 11.9 Å². The SMILES string of the molecule is CC.CCC1c2ccccc2CC1C(=O)OC. The number of methoxy groups -OCH3 is 1. The average molecular weight is 234 g/mol. The van der Waals surface area contributed by atoms with Gasteiger partial charge in [0.2, 0.25) is 0 Å². The van der Waals surface area contributed by atoms with Gasteiger partial charge in [0, 0.05) is 0 Å². The van der Waals surface area contributed by atoms with Crippen molar-refractivity contribution in [2.24, 2.45) is 5.92 Å². The Morgan fingerprint density at radius 2 is 2.00 bits per heavy atom. The smallest absolute Gasteiger partial charge is 0.309 e. The summed E-state index contributed by atoms with van der Waals surface area (Å²) in [5.74, 6) is 0.295. The molecule has 0 N–H and O–H groups in total. The van der Waals surface area contributed by atoms with Gasteiger partial charge in [-0.25, -0.2) is 0 Å². The summed E-state index contributed by atoms with van der Waals surface area (Å²) in [6.07, 6.45) is 1.83. The molecule has 2 heteroatoms. The monoisotopic (exact) mass is 234 g/mol. The van der Waals surface area contributed by atoms with Crippen molar-refractivity contribution in [1.82, 2.24) is 0 Å². The maximum Gasteiger partial charge on any atom is 0.309 e. The maximum absolute atomic E-state index is 11.6. The number of carbonyl (C=O) groups is 1. The summed E-state index contributed by atoms with van der Waals surface area (Å²) in [4.78, 5) is 11.6. The van der Waals surface area contributed by atoms with E-state index in [9.17, 15) is 4.79 Å². The first kappa shape index (κ1) is 13.8. The number of ether oxygens (including phenoxy) is 1. The van der Waals surface area contributed by atoms with Crippen LogP contribution in [0.4, 0.5) is 0 Å². The second kappa shape index (κ2) is 6.43. The molecule has 2 unspecified atom stereocenters. The predicted molar refractivity (Wildman–Crippen MR) is 70.0 cm³/mol. The van der Waals surface area contributed by atoms with Crippen LogP contribution in [0.15, 0.2) is 24.3 Å². The number of fused-ring (bicyclic) bond motifs is 1. The zero-order valence-corrected chi connectivity index (χ0v) is 11.2. The lowest BCUT2D eigenvalue weighted by molar-refractivity contribution is -0.145. The molecule has 0 saturated heterocycles. The zero-order chi connectivity index (χ0) is 12.8. The Bertz CT molecular complexity index is 371. The van der Waals surface area contributed by atoms with Gasteiger partial charge in [-0.2, -0.15) is 0 Å². The van der Waals surface area contributed by atoms with Crippen LogP contribution in [-0.2, 0) is 16.0 Å². The number of hydrogen-bond donors (Lipinski definition) is 0. The summed E-state index contributed by atoms with van der Waals surface area (Å²) in [5.41, 5.74) is 2.63. The van der Waals surface area contributed by atoms with Gasteiger partial charge in [-0.1, -0.05) is 45.0 Å². The molecule has 2 nitrogen and oxygen atoms in total. The fraction of sp³-hybridized carbons (Fsp3) is 0.533. The summed E-state index contributed by atoms with van der Waals surface area (Å²) < 4.78 is 4.86. The molecule has 0 amide bonds. The highest BCUT2D eigenvalue weighted by molar-refractivity contribution is 5.75. The molecule has 17 heavy (non-hydrogen) atoms. The fourth-order valence-corrected chi connectivity index (χ4v) is 2.58. The molecular weight excluding hydrogens is 212 g/mol. The third-order valence-electron chi connectivity index (χ3n) is 3.32. The van der Waals surface area contributed by atoms with E-state index in [1.165, 1.54) is 18.2 Å². The van der Waals surface area contributed by atoms with Crippen LogP contribution in [0.5, 0.6) is 0 Å². The van der Waals surface area contributed by atoms with Crippen LogP contribution in [0.3, 0.4) is 0 Å². The van der Waals surface area contributed by atoms with Crippen molar-refractivity contribution in [3.8, 4) is 0 Å². The predicted octanol–water partition coefficient (Wildman–Crippen LogP) is 3.55. The second-order valence-corrected chi connectivity index (χ2v) is 4.05. The Morgan fingerprint density at radius 3 is 2.59 bits per heavy atom. The van der Waals surface area contributed by atoms with Gasteiger partial charge in [0.05, 0.1) is 13.0 Å². The lowest BCUT2D eigenvalue weighted by Crippen LogP contribution is -2.20. The van der Waals surface area contributed by atoms with Crippen LogP contribution >= 0.6 is 0 Å². The minimum atomic E-state index is -0.0712. The van der Waals surface area contributed by atoms with Crippen LogP contribution in [0.2, 0.25) is 0 Å². The van der Waals surface area contributed by atoms with E-state index >= 15 is 0 Å². The first-order valence-electron chi connectivity index (χ1n) is 6.43. The third-order valence-corrected chi connectivity index (χ3v) is 3.32. The van der Waals surface area contributed by atoms with E-state index < -0.39 is 0 Å². The van der Waals surface area contributed by atoms with Crippen molar-refractivity contribution in [3.63, 3.8) is 0 Å². The quantitative estimate of drug-likeness (QED) is 0.731. The molecular formula is C15H22O2. The number of esters is 1. The highest BCUT2D eigenvalue weighted by Gasteiger charge is 2.36. The van der Waals surface area contributed by atoms with E-state index in [0.29, 0.717) is 5.92 Å². The highest BCUT2D eigenvalue weighted by Crippen LogP contribution is 2.40. The zero-order valence-electron chi connectivity index (χ0n) is 11.2. The number of carbonyl (C=O) groups excluding carboxylic acids is 1. The fourth-order valence-electron chi connectivity index (χ4n) is 2.58. The molecule has 0 aliphatic heterocycles. The molecule has 0 spiro atoms. The summed E-state index contributed by atoms with van der Waals surface area (Å²) >= 11 is 0. The molecule has 2 rings (SSSR count). The van der Waals surface area contributed by atoms with Crippen molar-refractivity contribution in [2.75, 3.05) is 7.11 Å². The van der Waals surface area contributed by atoms with E-state index in [1.807, 2.05) is 26.0 Å². The molecule has 0 heterocycles. The summed E-state index contributed by atoms with van der Waals surface area (Å²) in [6, 6.07) is 8.32. The molecule has 0 bridgehead atoms. The number of rotatable bonds is 2. The summed E-state index contributed by atoms with van der Waals surface area (Å²) in [6.45, 7) is 6.13. The van der Waals surface area contributed by atoms with Crippen LogP contribution in [0.25, 0.3) is 0 Å². The minimum absolute atomic E-state index is 0.0254. The number of hydrogen-bond acceptors (Lipinski definition) is 2. The van der Waals surface area contributed by atoms with Gasteiger partial charge in [-0.15, -0.1) is 0 Å². The Kier molecular flexibility index (Phi) is 5.20. The Morgan fingerprint density at radius 1 is 1.35 bits per heavy atom. The number of benzene rings is 1.